The zero-order valence-electron chi connectivity index (χ0n) is 28.1. The van der Waals surface area contributed by atoms with Crippen molar-refractivity contribution in [3.8, 4) is 5.75 Å². The number of hydrogen-bond acceptors (Lipinski definition) is 9. The molecule has 2 unspecified atom stereocenters. The maximum absolute atomic E-state index is 16.0. The number of amides is 3. The second-order valence-corrected chi connectivity index (χ2v) is 13.8. The van der Waals surface area contributed by atoms with Gasteiger partial charge < -0.3 is 24.8 Å². The average molecular weight is 708 g/mol. The van der Waals surface area contributed by atoms with Crippen LogP contribution in [0.4, 0.5) is 26.2 Å². The number of imide groups is 1. The monoisotopic (exact) mass is 707 g/mol. The summed E-state index contributed by atoms with van der Waals surface area (Å²) in [6.45, 7) is 4.05. The van der Waals surface area contributed by atoms with Gasteiger partial charge in [-0.05, 0) is 41.8 Å². The Morgan fingerprint density at radius 2 is 1.76 bits per heavy atom. The molecule has 3 amide bonds. The van der Waals surface area contributed by atoms with Gasteiger partial charge in [0.15, 0.2) is 18.2 Å². The van der Waals surface area contributed by atoms with Crippen molar-refractivity contribution in [2.75, 3.05) is 43.5 Å². The van der Waals surface area contributed by atoms with Crippen LogP contribution in [0.1, 0.15) is 41.5 Å². The van der Waals surface area contributed by atoms with Gasteiger partial charge in [0.25, 0.3) is 29.2 Å². The lowest BCUT2D eigenvalue weighted by Crippen LogP contribution is -2.59. The van der Waals surface area contributed by atoms with Crippen molar-refractivity contribution in [1.82, 2.24) is 24.8 Å². The zero-order chi connectivity index (χ0) is 36.1. The van der Waals surface area contributed by atoms with Crippen LogP contribution in [0.3, 0.4) is 0 Å². The minimum absolute atomic E-state index is 0.000367. The fourth-order valence-corrected chi connectivity index (χ4v) is 6.77. The molecule has 4 heterocycles. The maximum Gasteiger partial charge on any atom is 0.293 e. The normalized spacial score (nSPS) is 18.7. The van der Waals surface area contributed by atoms with E-state index in [0.717, 1.165) is 4.90 Å². The van der Waals surface area contributed by atoms with E-state index >= 15 is 8.78 Å². The lowest BCUT2D eigenvalue weighted by atomic mass is 9.69. The highest BCUT2D eigenvalue weighted by atomic mass is 35.5. The molecule has 2 aliphatic rings. The van der Waals surface area contributed by atoms with E-state index < -0.39 is 40.5 Å². The summed E-state index contributed by atoms with van der Waals surface area (Å²) in [4.78, 5) is 62.4. The molecule has 2 aliphatic heterocycles. The number of rotatable bonds is 9. The molecular weight excluding hydrogens is 672 g/mol. The van der Waals surface area contributed by atoms with E-state index in [1.807, 2.05) is 0 Å². The Labute approximate surface area is 291 Å². The summed E-state index contributed by atoms with van der Waals surface area (Å²) >= 11 is 6.50. The number of fused-ring (bicyclic) bond motifs is 2. The molecule has 15 heteroatoms. The summed E-state index contributed by atoms with van der Waals surface area (Å²) in [7, 11) is 3.06. The predicted molar refractivity (Wildman–Crippen MR) is 184 cm³/mol. The first kappa shape index (κ1) is 34.7. The highest BCUT2D eigenvalue weighted by Crippen LogP contribution is 2.48. The van der Waals surface area contributed by atoms with E-state index in [-0.39, 0.29) is 65.8 Å². The molecule has 12 nitrogen and oxygen atoms in total. The first-order valence-electron chi connectivity index (χ1n) is 16.0. The Balaban J connectivity index is 1.25. The highest BCUT2D eigenvalue weighted by molar-refractivity contribution is 6.33. The summed E-state index contributed by atoms with van der Waals surface area (Å²) in [6.07, 6.45) is 1.39. The van der Waals surface area contributed by atoms with E-state index in [4.69, 9.17) is 16.3 Å². The lowest BCUT2D eigenvalue weighted by Gasteiger charge is -2.49. The van der Waals surface area contributed by atoms with Crippen molar-refractivity contribution in [2.24, 2.45) is 24.3 Å². The maximum atomic E-state index is 16.0. The molecule has 4 aromatic rings. The smallest absolute Gasteiger partial charge is 0.293 e. The molecule has 0 aliphatic carbocycles. The molecule has 1 fully saturated rings. The minimum atomic E-state index is -3.12. The van der Waals surface area contributed by atoms with E-state index in [0.29, 0.717) is 16.6 Å². The average Bonchev–Trinajstić information content (AvgIpc) is 3.31. The Bertz CT molecular complexity index is 2050. The molecule has 262 valence electrons. The van der Waals surface area contributed by atoms with Gasteiger partial charge in [-0.25, -0.2) is 13.8 Å². The van der Waals surface area contributed by atoms with Gasteiger partial charge in [0.2, 0.25) is 5.95 Å². The van der Waals surface area contributed by atoms with E-state index in [2.05, 4.69) is 20.6 Å². The molecule has 50 heavy (non-hydrogen) atoms. The number of carbonyl (C=O) groups excluding carboxylic acids is 3. The van der Waals surface area contributed by atoms with Crippen molar-refractivity contribution in [1.29, 1.82) is 0 Å². The van der Waals surface area contributed by atoms with Gasteiger partial charge in [-0.15, -0.1) is 0 Å². The number of halogens is 3. The van der Waals surface area contributed by atoms with Crippen LogP contribution in [0.25, 0.3) is 10.9 Å². The third-order valence-electron chi connectivity index (χ3n) is 9.51. The molecule has 0 spiro atoms. The highest BCUT2D eigenvalue weighted by Gasteiger charge is 2.56. The summed E-state index contributed by atoms with van der Waals surface area (Å²) in [5, 5.41) is 6.41. The largest absolute Gasteiger partial charge is 0.478 e. The van der Waals surface area contributed by atoms with Crippen molar-refractivity contribution in [3.63, 3.8) is 0 Å². The number of piperidine rings is 1. The number of ether oxygens (including phenoxy) is 1. The third kappa shape index (κ3) is 6.23. The van der Waals surface area contributed by atoms with Gasteiger partial charge >= 0.3 is 0 Å². The number of nitrogens with one attached hydrogen (secondary N) is 2. The molecule has 0 radical (unpaired) electrons. The number of anilines is 3. The van der Waals surface area contributed by atoms with Crippen molar-refractivity contribution in [2.45, 2.75) is 26.7 Å². The number of pyridine rings is 1. The van der Waals surface area contributed by atoms with Gasteiger partial charge in [-0.1, -0.05) is 44.5 Å². The van der Waals surface area contributed by atoms with Crippen LogP contribution >= 0.6 is 11.6 Å². The Hall–Kier alpha value is -5.11. The lowest BCUT2D eigenvalue weighted by molar-refractivity contribution is -0.148. The molecule has 0 bridgehead atoms. The number of likely N-dealkylation sites (N-methyl/N-ethyl adjacent to an activating group) is 1. The first-order chi connectivity index (χ1) is 23.6. The number of hydrogen-bond donors (Lipinski definition) is 2. The Morgan fingerprint density at radius 3 is 2.42 bits per heavy atom. The second-order valence-electron chi connectivity index (χ2n) is 13.4. The van der Waals surface area contributed by atoms with Crippen molar-refractivity contribution < 1.29 is 27.9 Å². The fourth-order valence-electron chi connectivity index (χ4n) is 6.63. The first-order valence-corrected chi connectivity index (χ1v) is 16.3. The van der Waals surface area contributed by atoms with Crippen LogP contribution in [0.2, 0.25) is 5.02 Å². The molecule has 2 aromatic carbocycles. The summed E-state index contributed by atoms with van der Waals surface area (Å²) in [6, 6.07) is 13.2. The molecule has 2 atom stereocenters. The minimum Gasteiger partial charge on any atom is -0.478 e. The van der Waals surface area contributed by atoms with Crippen molar-refractivity contribution in [3.05, 3.63) is 81.2 Å². The van der Waals surface area contributed by atoms with Crippen molar-refractivity contribution >= 4 is 57.7 Å². The second kappa shape index (κ2) is 13.0. The summed E-state index contributed by atoms with van der Waals surface area (Å²) in [5.41, 5.74) is 0.0962. The van der Waals surface area contributed by atoms with Gasteiger partial charge in [0.05, 0.1) is 22.8 Å². The van der Waals surface area contributed by atoms with Crippen LogP contribution in [0.5, 0.6) is 5.75 Å². The topological polar surface area (TPSA) is 139 Å². The quantitative estimate of drug-likeness (QED) is 0.233. The zero-order valence-corrected chi connectivity index (χ0v) is 28.8. The van der Waals surface area contributed by atoms with Gasteiger partial charge in [-0.3, -0.25) is 24.1 Å². The standard InChI is InChI=1S/C35H36ClF2N7O5/c1-19-15-44(16-27(35(19,37)38)34(2,3)18-45-30(47)22-8-6-7-9-23(22)31(45)48)33-40-14-24(36)29(42-33)41-21-10-11-25-20(12-21)13-26(32(49)43(25)5)50-17-28(46)39-4/h6-14,19,27H,15-18H2,1-5H3,(H,39,46)(H,40,41,42). The number of alkyl halides is 2. The molecule has 2 aromatic heterocycles. The van der Waals surface area contributed by atoms with Gasteiger partial charge in [0.1, 0.15) is 5.02 Å². The number of carbonyl (C=O) groups is 3. The summed E-state index contributed by atoms with van der Waals surface area (Å²) in [5.74, 6) is -6.49. The molecule has 6 rings (SSSR count). The number of nitrogens with zero attached hydrogens (tertiary/aromatic N) is 5. The summed E-state index contributed by atoms with van der Waals surface area (Å²) < 4.78 is 38.8. The number of aryl methyl sites for hydroxylation is 1. The molecular formula is C35H36ClF2N7O5. The molecule has 2 N–H and O–H groups in total. The van der Waals surface area contributed by atoms with Crippen LogP contribution in [0, 0.1) is 17.3 Å². The van der Waals surface area contributed by atoms with Crippen LogP contribution in [-0.2, 0) is 11.8 Å². The number of benzene rings is 2. The van der Waals surface area contributed by atoms with Gasteiger partial charge in [-0.2, -0.15) is 4.98 Å². The van der Waals surface area contributed by atoms with E-state index in [1.54, 1.807) is 68.3 Å². The molecule has 1 saturated heterocycles. The fraction of sp³-hybridized carbons (Fsp3) is 0.371. The Kier molecular flexibility index (Phi) is 9.01. The Morgan fingerprint density at radius 1 is 1.08 bits per heavy atom. The predicted octanol–water partition coefficient (Wildman–Crippen LogP) is 4.88. The number of aromatic nitrogens is 3. The van der Waals surface area contributed by atoms with Gasteiger partial charge in [0, 0.05) is 56.6 Å². The van der Waals surface area contributed by atoms with Crippen LogP contribution in [0.15, 0.2) is 59.5 Å². The molecule has 0 saturated carbocycles. The third-order valence-corrected chi connectivity index (χ3v) is 9.79. The van der Waals surface area contributed by atoms with E-state index in [9.17, 15) is 19.2 Å². The van der Waals surface area contributed by atoms with E-state index in [1.165, 1.54) is 30.8 Å². The SMILES string of the molecule is CNC(=O)COc1cc2cc(Nc3nc(N4CC(C)C(F)(F)C(C(C)(C)CN5C(=O)c6ccccc6C5=O)C4)ncc3Cl)ccc2n(C)c1=O. The van der Waals surface area contributed by atoms with Crippen LogP contribution < -0.4 is 25.8 Å². The van der Waals surface area contributed by atoms with Crippen LogP contribution in [-0.4, -0.2) is 76.4 Å².